The zero-order valence-corrected chi connectivity index (χ0v) is 40.4. The molecule has 0 spiro atoms. The van der Waals surface area contributed by atoms with Gasteiger partial charge in [0.2, 0.25) is 15.9 Å². The minimum atomic E-state index is -3.98. The number of carbonyl (C=O) groups excluding carboxylic acids is 1. The molecule has 4 aromatic carbocycles. The van der Waals surface area contributed by atoms with E-state index in [1.165, 1.54) is 16.4 Å². The number of aryl methyl sites for hydroxylation is 3. The van der Waals surface area contributed by atoms with Crippen LogP contribution in [0, 0.1) is 32.0 Å². The van der Waals surface area contributed by atoms with Crippen LogP contribution < -0.4 is 0 Å². The first-order valence-corrected chi connectivity index (χ1v) is 24.9. The number of carbonyl (C=O) groups is 1. The number of nitrogens with zero attached hydrogens (tertiary/aromatic N) is 6. The summed E-state index contributed by atoms with van der Waals surface area (Å²) in [4.78, 5) is 21.6. The van der Waals surface area contributed by atoms with Crippen LogP contribution in [-0.4, -0.2) is 67.2 Å². The molecule has 2 fully saturated rings. The van der Waals surface area contributed by atoms with Crippen molar-refractivity contribution in [3.05, 3.63) is 176 Å². The standard InChI is InChI=1S/C26H30FN3O3S.C25H27N3O4S/c1-18-15-29(17-28-18)24-10-5-20(13-22(24)16-31)14-25-26(3,4)11-12-30(34(25,32)33)19(2)21-6-8-23(27)9-7-21;1-17-4-7-21(8-5-17)19(3)28-25(30)11-9-23(33(28,31)32)13-20-6-10-24(22(12-20)15-29)27-14-18(2)26-16-27/h5-10,13-15,17,19,31H,11-12,16H2,1-4H3;4-8,10,12-14,16,19,29H,9,11,15H2,1-3H3/b25-14+;23-13+. The average molecular weight is 949 g/mol. The number of benzene rings is 4. The lowest BCUT2D eigenvalue weighted by Gasteiger charge is -2.41. The first-order chi connectivity index (χ1) is 31.7. The molecule has 2 saturated heterocycles. The van der Waals surface area contributed by atoms with Gasteiger partial charge in [0.1, 0.15) is 5.82 Å². The van der Waals surface area contributed by atoms with Crippen LogP contribution in [0.5, 0.6) is 0 Å². The van der Waals surface area contributed by atoms with Crippen LogP contribution in [0.1, 0.15) is 109 Å². The maximum absolute atomic E-state index is 13.8. The normalized spacial score (nSPS) is 19.0. The molecule has 2 aliphatic heterocycles. The van der Waals surface area contributed by atoms with Gasteiger partial charge in [-0.2, -0.15) is 4.31 Å². The van der Waals surface area contributed by atoms with Crippen LogP contribution in [0.15, 0.2) is 120 Å². The van der Waals surface area contributed by atoms with Gasteiger partial charge in [-0.15, -0.1) is 0 Å². The molecule has 2 unspecified atom stereocenters. The van der Waals surface area contributed by atoms with E-state index in [1.807, 2.05) is 112 Å². The van der Waals surface area contributed by atoms with Gasteiger partial charge in [-0.3, -0.25) is 4.79 Å². The number of hydrogen-bond donors (Lipinski definition) is 2. The Bertz CT molecular complexity index is 3070. The second-order valence-electron chi connectivity index (χ2n) is 17.8. The van der Waals surface area contributed by atoms with E-state index in [-0.39, 0.29) is 36.8 Å². The Labute approximate surface area is 392 Å². The van der Waals surface area contributed by atoms with Crippen LogP contribution in [0.2, 0.25) is 0 Å². The maximum atomic E-state index is 13.8. The van der Waals surface area contributed by atoms with Crippen LogP contribution in [0.3, 0.4) is 0 Å². The summed E-state index contributed by atoms with van der Waals surface area (Å²) in [5.74, 6) is -0.754. The molecule has 16 heteroatoms. The third kappa shape index (κ3) is 10.4. The van der Waals surface area contributed by atoms with Crippen molar-refractivity contribution in [2.45, 2.75) is 93.0 Å². The molecule has 2 aliphatic rings. The highest BCUT2D eigenvalue weighted by Gasteiger charge is 2.44. The molecule has 4 heterocycles. The number of allylic oxidation sites excluding steroid dienone is 2. The van der Waals surface area contributed by atoms with Gasteiger partial charge in [-0.05, 0) is 118 Å². The second kappa shape index (κ2) is 19.7. The lowest BCUT2D eigenvalue weighted by molar-refractivity contribution is -0.128. The zero-order chi connectivity index (χ0) is 48.4. The molecule has 6 aromatic rings. The van der Waals surface area contributed by atoms with Gasteiger partial charge in [0.25, 0.3) is 10.0 Å². The first kappa shape index (κ1) is 48.9. The van der Waals surface area contributed by atoms with Crippen LogP contribution in [0.25, 0.3) is 23.5 Å². The van der Waals surface area contributed by atoms with Crippen LogP contribution >= 0.6 is 0 Å². The third-order valence-corrected chi connectivity index (χ3v) is 16.8. The smallest absolute Gasteiger partial charge is 0.263 e. The fourth-order valence-corrected chi connectivity index (χ4v) is 12.6. The highest BCUT2D eigenvalue weighted by molar-refractivity contribution is 7.93. The van der Waals surface area contributed by atoms with Crippen molar-refractivity contribution < 1.29 is 36.2 Å². The van der Waals surface area contributed by atoms with Gasteiger partial charge in [0, 0.05) is 47.9 Å². The number of aliphatic hydroxyl groups excluding tert-OH is 2. The summed E-state index contributed by atoms with van der Waals surface area (Å²) in [6.45, 7) is 13.1. The number of sulfonamides is 2. The fourth-order valence-electron chi connectivity index (χ4n) is 8.56. The van der Waals surface area contributed by atoms with Gasteiger partial charge in [-0.25, -0.2) is 35.5 Å². The topological polar surface area (TPSA) is 168 Å². The summed E-state index contributed by atoms with van der Waals surface area (Å²) in [5.41, 5.74) is 7.97. The molecule has 352 valence electrons. The van der Waals surface area contributed by atoms with Crippen molar-refractivity contribution in [1.29, 1.82) is 0 Å². The predicted octanol–water partition coefficient (Wildman–Crippen LogP) is 9.01. The molecular weight excluding hydrogens is 892 g/mol. The Hall–Kier alpha value is -6.04. The molecule has 1 amide bonds. The number of amides is 1. The van der Waals surface area contributed by atoms with Crippen molar-refractivity contribution in [1.82, 2.24) is 27.7 Å². The lowest BCUT2D eigenvalue weighted by atomic mass is 9.87. The largest absolute Gasteiger partial charge is 0.392 e. The highest BCUT2D eigenvalue weighted by Crippen LogP contribution is 2.44. The third-order valence-electron chi connectivity index (χ3n) is 12.5. The summed E-state index contributed by atoms with van der Waals surface area (Å²) in [6, 6.07) is 23.4. The lowest BCUT2D eigenvalue weighted by Crippen LogP contribution is -2.44. The molecule has 13 nitrogen and oxygen atoms in total. The van der Waals surface area contributed by atoms with Crippen molar-refractivity contribution in [3.63, 3.8) is 0 Å². The van der Waals surface area contributed by atoms with Gasteiger partial charge in [-0.1, -0.05) is 67.9 Å². The quantitative estimate of drug-likeness (QED) is 0.136. The fraction of sp³-hybridized carbons (Fsp3) is 0.314. The van der Waals surface area contributed by atoms with Crippen LogP contribution in [0.4, 0.5) is 4.39 Å². The molecule has 0 bridgehead atoms. The number of hydrogen-bond acceptors (Lipinski definition) is 9. The molecule has 67 heavy (non-hydrogen) atoms. The average Bonchev–Trinajstić information content (AvgIpc) is 3.93. The van der Waals surface area contributed by atoms with E-state index in [2.05, 4.69) is 9.97 Å². The molecule has 0 aliphatic carbocycles. The molecule has 2 N–H and O–H groups in total. The summed E-state index contributed by atoms with van der Waals surface area (Å²) >= 11 is 0. The summed E-state index contributed by atoms with van der Waals surface area (Å²) < 4.78 is 74.0. The van der Waals surface area contributed by atoms with E-state index in [4.69, 9.17) is 0 Å². The molecule has 8 rings (SSSR count). The molecule has 2 atom stereocenters. The maximum Gasteiger partial charge on any atom is 0.263 e. The Balaban J connectivity index is 0.000000199. The van der Waals surface area contributed by atoms with Gasteiger partial charge < -0.3 is 19.3 Å². The van der Waals surface area contributed by atoms with Crippen molar-refractivity contribution >= 4 is 38.1 Å². The Morgan fingerprint density at radius 2 is 1.21 bits per heavy atom. The van der Waals surface area contributed by atoms with Crippen molar-refractivity contribution in [3.8, 4) is 11.4 Å². The number of aliphatic hydroxyl groups is 2. The second-order valence-corrected chi connectivity index (χ2v) is 21.5. The summed E-state index contributed by atoms with van der Waals surface area (Å²) in [5, 5.41) is 19.9. The molecule has 2 aromatic heterocycles. The number of halogens is 1. The van der Waals surface area contributed by atoms with E-state index in [0.717, 1.165) is 43.8 Å². The number of rotatable bonds is 10. The number of aromatic nitrogens is 4. The van der Waals surface area contributed by atoms with E-state index in [1.54, 1.807) is 56.0 Å². The molecular formula is C51H57FN6O7S2. The summed E-state index contributed by atoms with van der Waals surface area (Å²) in [6.07, 6.45) is 11.3. The molecule has 0 radical (unpaired) electrons. The Morgan fingerprint density at radius 3 is 1.72 bits per heavy atom. The van der Waals surface area contributed by atoms with E-state index in [9.17, 15) is 36.2 Å². The van der Waals surface area contributed by atoms with E-state index in [0.29, 0.717) is 40.1 Å². The molecule has 0 saturated carbocycles. The van der Waals surface area contributed by atoms with E-state index >= 15 is 0 Å². The zero-order valence-electron chi connectivity index (χ0n) is 38.8. The van der Waals surface area contributed by atoms with Crippen molar-refractivity contribution in [2.75, 3.05) is 6.54 Å². The Kier molecular flexibility index (Phi) is 14.3. The summed E-state index contributed by atoms with van der Waals surface area (Å²) in [7, 11) is -7.76. The SMILES string of the molecule is Cc1ccc(C(C)N2C(=O)CC/C(=C\c3ccc(-n4cnc(C)c4)c(CO)c3)S2(=O)=O)cc1.Cc1cn(-c2ccc(/C=C3\C(C)(C)CCN(C(C)c4ccc(F)cc4)S3(=O)=O)cc2CO)cn1. The van der Waals surface area contributed by atoms with Gasteiger partial charge in [0.05, 0.1) is 64.5 Å². The minimum Gasteiger partial charge on any atom is -0.392 e. The first-order valence-electron chi connectivity index (χ1n) is 22.1. The predicted molar refractivity (Wildman–Crippen MR) is 258 cm³/mol. The van der Waals surface area contributed by atoms with E-state index < -0.39 is 43.5 Å². The Morgan fingerprint density at radius 1 is 0.701 bits per heavy atom. The minimum absolute atomic E-state index is 0.126. The van der Waals surface area contributed by atoms with Gasteiger partial charge in [0.15, 0.2) is 0 Å². The highest BCUT2D eigenvalue weighted by atomic mass is 32.2. The van der Waals surface area contributed by atoms with Gasteiger partial charge >= 0.3 is 0 Å². The monoisotopic (exact) mass is 948 g/mol. The number of imidazole rings is 2. The van der Waals surface area contributed by atoms with Crippen molar-refractivity contribution in [2.24, 2.45) is 5.41 Å². The van der Waals surface area contributed by atoms with Crippen LogP contribution in [-0.2, 0) is 38.1 Å².